The third-order valence-corrected chi connectivity index (χ3v) is 6.15. The second-order valence-corrected chi connectivity index (χ2v) is 8.57. The van der Waals surface area contributed by atoms with E-state index in [1.165, 1.54) is 25.3 Å². The third kappa shape index (κ3) is 5.81. The highest BCUT2D eigenvalue weighted by Gasteiger charge is 2.27. The molecule has 4 rings (SSSR count). The molecule has 2 unspecified atom stereocenters. The van der Waals surface area contributed by atoms with Gasteiger partial charge in [0.2, 0.25) is 5.89 Å². The summed E-state index contributed by atoms with van der Waals surface area (Å²) in [7, 11) is 0. The van der Waals surface area contributed by atoms with Crippen molar-refractivity contribution in [2.75, 3.05) is 0 Å². The number of carbonyl (C=O) groups excluding carboxylic acids is 1. The van der Waals surface area contributed by atoms with Crippen molar-refractivity contribution in [3.05, 3.63) is 59.5 Å². The van der Waals surface area contributed by atoms with Gasteiger partial charge < -0.3 is 9.15 Å². The van der Waals surface area contributed by atoms with Crippen LogP contribution in [-0.2, 0) is 6.42 Å². The molecule has 1 aromatic carbocycles. The molecule has 2 atom stereocenters. The lowest BCUT2D eigenvalue weighted by Gasteiger charge is -2.32. The fourth-order valence-corrected chi connectivity index (χ4v) is 4.43. The highest BCUT2D eigenvalue weighted by molar-refractivity contribution is 5.96. The van der Waals surface area contributed by atoms with Crippen LogP contribution in [0.2, 0.25) is 0 Å². The van der Waals surface area contributed by atoms with E-state index in [0.717, 1.165) is 38.5 Å². The zero-order chi connectivity index (χ0) is 24.1. The van der Waals surface area contributed by atoms with Crippen LogP contribution in [0.25, 0.3) is 11.5 Å². The molecule has 180 valence electrons. The average molecular weight is 473 g/mol. The van der Waals surface area contributed by atoms with Crippen molar-refractivity contribution in [1.29, 1.82) is 0 Å². The number of pyridine rings is 1. The van der Waals surface area contributed by atoms with Crippen LogP contribution in [0.4, 0.5) is 13.2 Å². The second-order valence-electron chi connectivity index (χ2n) is 8.57. The number of alkyl halides is 2. The first-order chi connectivity index (χ1) is 16.4. The lowest BCUT2D eigenvalue weighted by molar-refractivity contribution is 0.0862. The van der Waals surface area contributed by atoms with Crippen molar-refractivity contribution < 1.29 is 27.1 Å². The van der Waals surface area contributed by atoms with E-state index < -0.39 is 12.3 Å². The van der Waals surface area contributed by atoms with Gasteiger partial charge in [-0.2, -0.15) is 8.78 Å². The third-order valence-electron chi connectivity index (χ3n) is 6.15. The Hall–Kier alpha value is -3.23. The minimum Gasteiger partial charge on any atom is -0.490 e. The predicted molar refractivity (Wildman–Crippen MR) is 118 cm³/mol. The predicted octanol–water partition coefficient (Wildman–Crippen LogP) is 6.37. The molecule has 0 bridgehead atoms. The molecular formula is C25H26F3N3O3. The smallest absolute Gasteiger partial charge is 0.314 e. The van der Waals surface area contributed by atoms with Crippen molar-refractivity contribution in [1.82, 2.24) is 15.2 Å². The van der Waals surface area contributed by atoms with Crippen LogP contribution in [0.15, 0.2) is 40.9 Å². The molecule has 34 heavy (non-hydrogen) atoms. The molecule has 2 aromatic heterocycles. The van der Waals surface area contributed by atoms with Crippen molar-refractivity contribution >= 4 is 5.78 Å². The maximum absolute atomic E-state index is 13.2. The van der Waals surface area contributed by atoms with Gasteiger partial charge in [-0.1, -0.05) is 6.42 Å². The van der Waals surface area contributed by atoms with Crippen LogP contribution in [0, 0.1) is 11.7 Å². The Balaban J connectivity index is 1.40. The minimum absolute atomic E-state index is 0.0726. The number of benzene rings is 1. The summed E-state index contributed by atoms with van der Waals surface area (Å²) in [5.41, 5.74) is 1.39. The molecule has 2 heterocycles. The van der Waals surface area contributed by atoms with Gasteiger partial charge in [-0.25, -0.2) is 4.39 Å². The van der Waals surface area contributed by atoms with Gasteiger partial charge in [0.05, 0.1) is 11.3 Å². The van der Waals surface area contributed by atoms with E-state index in [-0.39, 0.29) is 23.6 Å². The highest BCUT2D eigenvalue weighted by atomic mass is 19.3. The summed E-state index contributed by atoms with van der Waals surface area (Å²) in [6.07, 6.45) is 5.25. The van der Waals surface area contributed by atoms with Gasteiger partial charge in [0.25, 0.3) is 5.89 Å². The van der Waals surface area contributed by atoms with Gasteiger partial charge in [0.1, 0.15) is 17.7 Å². The molecule has 0 radical (unpaired) electrons. The number of ether oxygens (including phenoxy) is 1. The number of aromatic nitrogens is 3. The van der Waals surface area contributed by atoms with Gasteiger partial charge in [-0.05, 0) is 81.7 Å². The largest absolute Gasteiger partial charge is 0.490 e. The molecule has 1 saturated carbocycles. The van der Waals surface area contributed by atoms with E-state index in [0.29, 0.717) is 34.9 Å². The number of ketones is 1. The molecule has 1 fully saturated rings. The summed E-state index contributed by atoms with van der Waals surface area (Å²) in [5.74, 6) is -0.294. The summed E-state index contributed by atoms with van der Waals surface area (Å²) in [6.45, 7) is 1.44. The first kappa shape index (κ1) is 23.9. The Labute approximate surface area is 195 Å². The maximum Gasteiger partial charge on any atom is 0.314 e. The molecule has 0 amide bonds. The highest BCUT2D eigenvalue weighted by Crippen LogP contribution is 2.32. The van der Waals surface area contributed by atoms with Crippen molar-refractivity contribution in [2.24, 2.45) is 5.92 Å². The van der Waals surface area contributed by atoms with Crippen LogP contribution < -0.4 is 4.74 Å². The number of hydrogen-bond acceptors (Lipinski definition) is 6. The topological polar surface area (TPSA) is 78.1 Å². The summed E-state index contributed by atoms with van der Waals surface area (Å²) in [6, 6.07) is 7.66. The lowest BCUT2D eigenvalue weighted by atomic mass is 9.82. The summed E-state index contributed by atoms with van der Waals surface area (Å²) < 4.78 is 49.8. The molecule has 9 heteroatoms. The Morgan fingerprint density at radius 2 is 1.94 bits per heavy atom. The number of aryl methyl sites for hydroxylation is 1. The van der Waals surface area contributed by atoms with E-state index in [2.05, 4.69) is 15.2 Å². The van der Waals surface area contributed by atoms with Gasteiger partial charge in [-0.15, -0.1) is 10.2 Å². The molecule has 0 spiro atoms. The average Bonchev–Trinajstić information content (AvgIpc) is 3.32. The molecule has 0 N–H and O–H groups in total. The maximum atomic E-state index is 13.2. The van der Waals surface area contributed by atoms with Crippen molar-refractivity contribution in [2.45, 2.75) is 64.4 Å². The van der Waals surface area contributed by atoms with Gasteiger partial charge in [0, 0.05) is 11.8 Å². The number of Topliss-reactive ketones (excluding diaryl/α,β-unsaturated/α-hetero) is 1. The zero-order valence-electron chi connectivity index (χ0n) is 18.8. The lowest BCUT2D eigenvalue weighted by Crippen LogP contribution is -2.30. The van der Waals surface area contributed by atoms with E-state index in [4.69, 9.17) is 9.15 Å². The number of nitrogens with zero attached hydrogens (tertiary/aromatic N) is 3. The first-order valence-electron chi connectivity index (χ1n) is 11.4. The van der Waals surface area contributed by atoms with Crippen LogP contribution in [0.1, 0.15) is 73.8 Å². The molecule has 1 aliphatic carbocycles. The molecule has 3 aromatic rings. The minimum atomic E-state index is -2.86. The quantitative estimate of drug-likeness (QED) is 0.336. The van der Waals surface area contributed by atoms with Crippen LogP contribution in [0.3, 0.4) is 0 Å². The second kappa shape index (κ2) is 10.8. The Kier molecular flexibility index (Phi) is 7.59. The number of carbonyl (C=O) groups is 1. The summed E-state index contributed by atoms with van der Waals surface area (Å²) >= 11 is 0. The molecule has 6 nitrogen and oxygen atoms in total. The fraction of sp³-hybridized carbons (Fsp3) is 0.440. The van der Waals surface area contributed by atoms with E-state index in [1.807, 2.05) is 0 Å². The molecule has 0 saturated heterocycles. The standard InChI is InChI=1S/C25H26F3N3O3/c1-15(32)20-13-17(24-30-31-25(34-24)23(27)28)14-29-21(20)7-4-6-16-5-2-3-8-22(16)33-19-11-9-18(26)10-12-19/h9-14,16,22-23H,2-8H2,1H3. The van der Waals surface area contributed by atoms with E-state index >= 15 is 0 Å². The molecular weight excluding hydrogens is 447 g/mol. The van der Waals surface area contributed by atoms with Crippen LogP contribution in [0.5, 0.6) is 5.75 Å². The molecule has 0 aliphatic heterocycles. The van der Waals surface area contributed by atoms with Gasteiger partial charge >= 0.3 is 6.43 Å². The first-order valence-corrected chi connectivity index (χ1v) is 11.4. The van der Waals surface area contributed by atoms with Crippen LogP contribution in [-0.4, -0.2) is 27.1 Å². The molecule has 1 aliphatic rings. The Morgan fingerprint density at radius 1 is 1.18 bits per heavy atom. The summed E-state index contributed by atoms with van der Waals surface area (Å²) in [5, 5.41) is 6.95. The Bertz CT molecular complexity index is 1120. The normalized spacial score (nSPS) is 18.3. The van der Waals surface area contributed by atoms with Gasteiger partial charge in [-0.3, -0.25) is 9.78 Å². The van der Waals surface area contributed by atoms with Crippen molar-refractivity contribution in [3.63, 3.8) is 0 Å². The SMILES string of the molecule is CC(=O)c1cc(-c2nnc(C(F)F)o2)cnc1CCCC1CCCCC1Oc1ccc(F)cc1. The zero-order valence-corrected chi connectivity index (χ0v) is 18.8. The summed E-state index contributed by atoms with van der Waals surface area (Å²) in [4.78, 5) is 16.6. The fourth-order valence-electron chi connectivity index (χ4n) is 4.43. The van der Waals surface area contributed by atoms with Crippen molar-refractivity contribution in [3.8, 4) is 17.2 Å². The Morgan fingerprint density at radius 3 is 2.65 bits per heavy atom. The van der Waals surface area contributed by atoms with Gasteiger partial charge in [0.15, 0.2) is 5.78 Å². The monoisotopic (exact) mass is 473 g/mol. The van der Waals surface area contributed by atoms with E-state index in [1.54, 1.807) is 18.2 Å². The number of halogens is 3. The van der Waals surface area contributed by atoms with E-state index in [9.17, 15) is 18.0 Å². The number of rotatable bonds is 9. The van der Waals surface area contributed by atoms with Crippen LogP contribution >= 0.6 is 0 Å². The number of hydrogen-bond donors (Lipinski definition) is 0.